The number of phenolic OH excluding ortho intramolecular Hbond substituents is 1. The van der Waals surface area contributed by atoms with E-state index in [4.69, 9.17) is 14.2 Å². The van der Waals surface area contributed by atoms with Crippen molar-refractivity contribution < 1.29 is 32.5 Å². The molecule has 2 aromatic carbocycles. The van der Waals surface area contributed by atoms with Crippen LogP contribution in [0.2, 0.25) is 0 Å². The Balaban J connectivity index is 1.61. The number of allylic oxidation sites excluding steroid dienone is 1. The second-order valence-electron chi connectivity index (χ2n) is 7.91. The van der Waals surface area contributed by atoms with Gasteiger partial charge in [0.05, 0.1) is 31.3 Å². The highest BCUT2D eigenvalue weighted by molar-refractivity contribution is 7.91. The van der Waals surface area contributed by atoms with Crippen LogP contribution in [-0.2, 0) is 16.4 Å². The fourth-order valence-electron chi connectivity index (χ4n) is 3.98. The molecular weight excluding hydrogens is 434 g/mol. The van der Waals surface area contributed by atoms with E-state index in [9.17, 15) is 18.3 Å². The normalized spacial score (nSPS) is 20.3. The van der Waals surface area contributed by atoms with E-state index in [1.807, 2.05) is 0 Å². The lowest BCUT2D eigenvalue weighted by molar-refractivity contribution is 0.101. The van der Waals surface area contributed by atoms with E-state index in [1.54, 1.807) is 44.4 Å². The first-order valence-electron chi connectivity index (χ1n) is 10.2. The summed E-state index contributed by atoms with van der Waals surface area (Å²) in [6, 6.07) is 6.66. The van der Waals surface area contributed by atoms with Gasteiger partial charge >= 0.3 is 0 Å². The standard InChI is InChI=1S/C23H25NO7S/c1-13-21(25)15(11-24-16-6-7-32(27,28)12-16)9-18-22(26)20(31-23(13)18)10-14-8-17(29-2)4-5-19(14)30-3/h4-5,8-10,16,24-25H,6-7,11-12H2,1-3H3/b20-10-. The number of nitrogens with one attached hydrogen (secondary N) is 1. The number of sulfone groups is 1. The SMILES string of the molecule is COc1ccc(OC)c(/C=C2\Oc3c(cc(CNC4CCS(=O)(=O)C4)c(O)c3C)C2=O)c1. The maximum atomic E-state index is 13.1. The number of ether oxygens (including phenoxy) is 3. The minimum Gasteiger partial charge on any atom is -0.507 e. The van der Waals surface area contributed by atoms with E-state index in [2.05, 4.69) is 5.32 Å². The Kier molecular flexibility index (Phi) is 5.87. The van der Waals surface area contributed by atoms with Crippen molar-refractivity contribution in [1.29, 1.82) is 0 Å². The number of hydrogen-bond acceptors (Lipinski definition) is 8. The van der Waals surface area contributed by atoms with E-state index in [-0.39, 0.29) is 41.4 Å². The van der Waals surface area contributed by atoms with E-state index in [0.29, 0.717) is 45.9 Å². The van der Waals surface area contributed by atoms with Crippen molar-refractivity contribution in [3.63, 3.8) is 0 Å². The lowest BCUT2D eigenvalue weighted by Crippen LogP contribution is -2.29. The third kappa shape index (κ3) is 4.18. The first-order chi connectivity index (χ1) is 15.2. The monoisotopic (exact) mass is 459 g/mol. The molecule has 2 heterocycles. The highest BCUT2D eigenvalue weighted by Gasteiger charge is 2.32. The molecule has 1 atom stereocenters. The lowest BCUT2D eigenvalue weighted by atomic mass is 10.0. The van der Waals surface area contributed by atoms with Crippen LogP contribution in [0.15, 0.2) is 30.0 Å². The molecule has 9 heteroatoms. The maximum Gasteiger partial charge on any atom is 0.231 e. The van der Waals surface area contributed by atoms with Gasteiger partial charge in [-0.15, -0.1) is 0 Å². The second kappa shape index (κ2) is 8.48. The van der Waals surface area contributed by atoms with Gasteiger partial charge in [0, 0.05) is 29.3 Å². The number of carbonyl (C=O) groups excluding carboxylic acids is 1. The fraction of sp³-hybridized carbons (Fsp3) is 0.348. The smallest absolute Gasteiger partial charge is 0.231 e. The van der Waals surface area contributed by atoms with E-state index < -0.39 is 9.84 Å². The van der Waals surface area contributed by atoms with Crippen LogP contribution in [0.1, 0.15) is 33.5 Å². The van der Waals surface area contributed by atoms with Gasteiger partial charge in [-0.3, -0.25) is 4.79 Å². The molecule has 1 saturated heterocycles. The number of fused-ring (bicyclic) bond motifs is 1. The summed E-state index contributed by atoms with van der Waals surface area (Å²) in [4.78, 5) is 13.1. The molecule has 170 valence electrons. The van der Waals surface area contributed by atoms with Gasteiger partial charge in [0.25, 0.3) is 0 Å². The molecule has 2 N–H and O–H groups in total. The van der Waals surface area contributed by atoms with Gasteiger partial charge in [-0.05, 0) is 43.7 Å². The van der Waals surface area contributed by atoms with Crippen LogP contribution >= 0.6 is 0 Å². The number of phenols is 1. The molecule has 0 saturated carbocycles. The molecule has 0 radical (unpaired) electrons. The van der Waals surface area contributed by atoms with Gasteiger partial charge < -0.3 is 24.6 Å². The summed E-state index contributed by atoms with van der Waals surface area (Å²) >= 11 is 0. The number of benzene rings is 2. The molecule has 0 aromatic heterocycles. The van der Waals surface area contributed by atoms with Crippen LogP contribution in [0.4, 0.5) is 0 Å². The summed E-state index contributed by atoms with van der Waals surface area (Å²) in [6.07, 6.45) is 2.12. The zero-order valence-electron chi connectivity index (χ0n) is 18.1. The maximum absolute atomic E-state index is 13.1. The Morgan fingerprint density at radius 1 is 1.25 bits per heavy atom. The summed E-state index contributed by atoms with van der Waals surface area (Å²) < 4.78 is 39.8. The molecule has 32 heavy (non-hydrogen) atoms. The van der Waals surface area contributed by atoms with Crippen LogP contribution in [0.3, 0.4) is 0 Å². The van der Waals surface area contributed by atoms with E-state index in [1.165, 1.54) is 7.11 Å². The van der Waals surface area contributed by atoms with Crippen LogP contribution in [0.5, 0.6) is 23.0 Å². The predicted molar refractivity (Wildman–Crippen MR) is 119 cm³/mol. The third-order valence-electron chi connectivity index (χ3n) is 5.78. The van der Waals surface area contributed by atoms with E-state index in [0.717, 1.165) is 0 Å². The Morgan fingerprint density at radius 3 is 2.69 bits per heavy atom. The predicted octanol–water partition coefficient (Wildman–Crippen LogP) is 2.61. The van der Waals surface area contributed by atoms with Crippen molar-refractivity contribution in [3.05, 3.63) is 52.3 Å². The zero-order valence-corrected chi connectivity index (χ0v) is 18.9. The summed E-state index contributed by atoms with van der Waals surface area (Å²) in [5.41, 5.74) is 1.94. The number of Topliss-reactive ketones (excluding diaryl/α,β-unsaturated/α-hetero) is 1. The van der Waals surface area contributed by atoms with Crippen molar-refractivity contribution in [2.24, 2.45) is 0 Å². The highest BCUT2D eigenvalue weighted by Crippen LogP contribution is 2.41. The topological polar surface area (TPSA) is 111 Å². The van der Waals surface area contributed by atoms with Crippen molar-refractivity contribution in [1.82, 2.24) is 5.32 Å². The number of rotatable bonds is 6. The summed E-state index contributed by atoms with van der Waals surface area (Å²) in [5.74, 6) is 1.54. The van der Waals surface area contributed by atoms with Gasteiger partial charge in [-0.25, -0.2) is 8.42 Å². The van der Waals surface area contributed by atoms with Crippen molar-refractivity contribution in [2.75, 3.05) is 25.7 Å². The van der Waals surface area contributed by atoms with Gasteiger partial charge in [0.2, 0.25) is 5.78 Å². The summed E-state index contributed by atoms with van der Waals surface area (Å²) in [7, 11) is 0.0746. The van der Waals surface area contributed by atoms with Crippen molar-refractivity contribution in [2.45, 2.75) is 25.9 Å². The molecule has 1 unspecified atom stereocenters. The highest BCUT2D eigenvalue weighted by atomic mass is 32.2. The number of methoxy groups -OCH3 is 2. The Morgan fingerprint density at radius 2 is 2.03 bits per heavy atom. The van der Waals surface area contributed by atoms with Crippen molar-refractivity contribution in [3.8, 4) is 23.0 Å². The van der Waals surface area contributed by atoms with Gasteiger partial charge in [0.15, 0.2) is 15.6 Å². The molecule has 4 rings (SSSR count). The molecule has 0 spiro atoms. The average Bonchev–Trinajstić information content (AvgIpc) is 3.28. The quantitative estimate of drug-likeness (QED) is 0.634. The van der Waals surface area contributed by atoms with Crippen molar-refractivity contribution >= 4 is 21.7 Å². The largest absolute Gasteiger partial charge is 0.507 e. The average molecular weight is 460 g/mol. The summed E-state index contributed by atoms with van der Waals surface area (Å²) in [5, 5.41) is 13.8. The third-order valence-corrected chi connectivity index (χ3v) is 7.55. The zero-order chi connectivity index (χ0) is 23.0. The number of aromatic hydroxyl groups is 1. The van der Waals surface area contributed by atoms with Crippen LogP contribution in [-0.4, -0.2) is 51.1 Å². The van der Waals surface area contributed by atoms with Crippen LogP contribution in [0, 0.1) is 6.92 Å². The first-order valence-corrected chi connectivity index (χ1v) is 12.0. The van der Waals surface area contributed by atoms with Crippen LogP contribution in [0.25, 0.3) is 6.08 Å². The Labute approximate surface area is 186 Å². The first kappa shape index (κ1) is 22.2. The molecule has 1 fully saturated rings. The Hall–Kier alpha value is -3.04. The van der Waals surface area contributed by atoms with Gasteiger partial charge in [0.1, 0.15) is 23.0 Å². The molecular formula is C23H25NO7S. The molecule has 2 aliphatic heterocycles. The molecule has 0 aliphatic carbocycles. The van der Waals surface area contributed by atoms with Gasteiger partial charge in [-0.1, -0.05) is 0 Å². The Bertz CT molecular complexity index is 1220. The van der Waals surface area contributed by atoms with E-state index >= 15 is 0 Å². The summed E-state index contributed by atoms with van der Waals surface area (Å²) in [6.45, 7) is 1.93. The van der Waals surface area contributed by atoms with Crippen LogP contribution < -0.4 is 19.5 Å². The second-order valence-corrected chi connectivity index (χ2v) is 10.1. The number of ketones is 1. The molecule has 2 aromatic rings. The molecule has 0 amide bonds. The fourth-order valence-corrected chi connectivity index (χ4v) is 5.69. The molecule has 2 aliphatic rings. The minimum atomic E-state index is -3.01. The lowest BCUT2D eigenvalue weighted by Gasteiger charge is -2.14. The minimum absolute atomic E-state index is 0.0186. The number of hydrogen-bond donors (Lipinski definition) is 2. The number of carbonyl (C=O) groups is 1. The van der Waals surface area contributed by atoms with Gasteiger partial charge in [-0.2, -0.15) is 0 Å². The molecule has 8 nitrogen and oxygen atoms in total. The molecule has 0 bridgehead atoms.